The second-order valence-corrected chi connectivity index (χ2v) is 4.43. The van der Waals surface area contributed by atoms with Gasteiger partial charge in [-0.25, -0.2) is 9.97 Å². The molecule has 0 unspecified atom stereocenters. The molecular weight excluding hydrogens is 260 g/mol. The molecule has 0 bridgehead atoms. The monoisotopic (exact) mass is 274 g/mol. The Kier molecular flexibility index (Phi) is 3.69. The summed E-state index contributed by atoms with van der Waals surface area (Å²) in [4.78, 5) is 13.2. The molecule has 0 atom stereocenters. The van der Waals surface area contributed by atoms with Crippen LogP contribution in [0.15, 0.2) is 73.2 Å². The predicted octanol–water partition coefficient (Wildman–Crippen LogP) is 2.89. The van der Waals surface area contributed by atoms with Gasteiger partial charge in [0.25, 0.3) is 0 Å². The maximum absolute atomic E-state index is 5.74. The van der Waals surface area contributed by atoms with Crippen LogP contribution in [0.2, 0.25) is 0 Å². The first-order valence-electron chi connectivity index (χ1n) is 6.60. The molecule has 1 aromatic carbocycles. The third-order valence-corrected chi connectivity index (χ3v) is 3.07. The lowest BCUT2D eigenvalue weighted by molar-refractivity contribution is 1.11. The average molecular weight is 274 g/mol. The van der Waals surface area contributed by atoms with Crippen LogP contribution in [0.25, 0.3) is 16.8 Å². The van der Waals surface area contributed by atoms with Crippen molar-refractivity contribution in [1.29, 1.82) is 0 Å². The molecule has 0 spiro atoms. The van der Waals surface area contributed by atoms with Gasteiger partial charge in [-0.15, -0.1) is 0 Å². The van der Waals surface area contributed by atoms with Crippen molar-refractivity contribution in [2.24, 2.45) is 5.73 Å². The fourth-order valence-electron chi connectivity index (χ4n) is 2.05. The lowest BCUT2D eigenvalue weighted by Crippen LogP contribution is -2.01. The molecule has 0 radical (unpaired) electrons. The highest BCUT2D eigenvalue weighted by atomic mass is 14.9. The van der Waals surface area contributed by atoms with E-state index < -0.39 is 0 Å². The van der Waals surface area contributed by atoms with Crippen LogP contribution in [0.4, 0.5) is 0 Å². The van der Waals surface area contributed by atoms with Crippen molar-refractivity contribution in [1.82, 2.24) is 15.0 Å². The molecule has 2 N–H and O–H groups in total. The molecule has 0 aliphatic heterocycles. The van der Waals surface area contributed by atoms with E-state index in [0.29, 0.717) is 11.4 Å². The van der Waals surface area contributed by atoms with Crippen molar-refractivity contribution in [2.45, 2.75) is 0 Å². The smallest absolute Gasteiger partial charge is 0.163 e. The lowest BCUT2D eigenvalue weighted by atomic mass is 10.1. The number of aromatic nitrogens is 3. The standard InChI is InChI=1S/C17H14N4/c18-12-14(16-8-4-5-10-19-16)17-20-11-9-15(21-17)13-6-2-1-3-7-13/h1-12H,18H2. The van der Waals surface area contributed by atoms with Gasteiger partial charge in [-0.05, 0) is 18.2 Å². The first-order valence-corrected chi connectivity index (χ1v) is 6.60. The fraction of sp³-hybridized carbons (Fsp3) is 0. The molecule has 3 aromatic rings. The molecule has 4 heteroatoms. The zero-order valence-corrected chi connectivity index (χ0v) is 11.3. The van der Waals surface area contributed by atoms with E-state index in [-0.39, 0.29) is 0 Å². The van der Waals surface area contributed by atoms with Crippen LogP contribution < -0.4 is 5.73 Å². The maximum atomic E-state index is 5.74. The normalized spacial score (nSPS) is 11.3. The Morgan fingerprint density at radius 2 is 1.67 bits per heavy atom. The Labute approximate surface area is 123 Å². The van der Waals surface area contributed by atoms with Gasteiger partial charge in [-0.3, -0.25) is 4.98 Å². The van der Waals surface area contributed by atoms with Gasteiger partial charge in [-0.1, -0.05) is 36.4 Å². The van der Waals surface area contributed by atoms with E-state index in [1.54, 1.807) is 12.4 Å². The van der Waals surface area contributed by atoms with Crippen molar-refractivity contribution in [3.63, 3.8) is 0 Å². The molecular formula is C17H14N4. The molecule has 2 aromatic heterocycles. The topological polar surface area (TPSA) is 64.7 Å². The summed E-state index contributed by atoms with van der Waals surface area (Å²) in [6, 6.07) is 17.5. The van der Waals surface area contributed by atoms with Gasteiger partial charge in [0.2, 0.25) is 0 Å². The third kappa shape index (κ3) is 2.79. The highest BCUT2D eigenvalue weighted by Gasteiger charge is 2.10. The van der Waals surface area contributed by atoms with Crippen LogP contribution in [0, 0.1) is 0 Å². The largest absolute Gasteiger partial charge is 0.404 e. The summed E-state index contributed by atoms with van der Waals surface area (Å²) in [5, 5.41) is 0. The SMILES string of the molecule is NC=C(c1ccccn1)c1nccc(-c2ccccc2)n1. The summed E-state index contributed by atoms with van der Waals surface area (Å²) in [7, 11) is 0. The summed E-state index contributed by atoms with van der Waals surface area (Å²) >= 11 is 0. The molecule has 0 saturated carbocycles. The first kappa shape index (κ1) is 13.0. The predicted molar refractivity (Wildman–Crippen MR) is 83.0 cm³/mol. The third-order valence-electron chi connectivity index (χ3n) is 3.07. The summed E-state index contributed by atoms with van der Waals surface area (Å²) < 4.78 is 0. The second-order valence-electron chi connectivity index (χ2n) is 4.43. The summed E-state index contributed by atoms with van der Waals surface area (Å²) in [6.45, 7) is 0. The Morgan fingerprint density at radius 3 is 2.38 bits per heavy atom. The van der Waals surface area contributed by atoms with Gasteiger partial charge in [0.05, 0.1) is 17.0 Å². The first-order chi connectivity index (χ1) is 10.4. The van der Waals surface area contributed by atoms with Crippen molar-refractivity contribution >= 4 is 5.57 Å². The molecule has 0 fully saturated rings. The van der Waals surface area contributed by atoms with E-state index in [9.17, 15) is 0 Å². The van der Waals surface area contributed by atoms with Gasteiger partial charge in [0.1, 0.15) is 0 Å². The van der Waals surface area contributed by atoms with Crippen LogP contribution in [0.3, 0.4) is 0 Å². The molecule has 21 heavy (non-hydrogen) atoms. The van der Waals surface area contributed by atoms with Crippen molar-refractivity contribution in [3.05, 3.63) is 84.7 Å². The molecule has 4 nitrogen and oxygen atoms in total. The molecule has 102 valence electrons. The zero-order chi connectivity index (χ0) is 14.5. The quantitative estimate of drug-likeness (QED) is 0.797. The molecule has 2 heterocycles. The van der Waals surface area contributed by atoms with Gasteiger partial charge in [-0.2, -0.15) is 0 Å². The van der Waals surface area contributed by atoms with Crippen LogP contribution in [-0.2, 0) is 0 Å². The minimum absolute atomic E-state index is 0.567. The van der Waals surface area contributed by atoms with Gasteiger partial charge in [0, 0.05) is 24.2 Å². The van der Waals surface area contributed by atoms with Crippen molar-refractivity contribution in [3.8, 4) is 11.3 Å². The lowest BCUT2D eigenvalue weighted by Gasteiger charge is -2.07. The zero-order valence-electron chi connectivity index (χ0n) is 11.3. The van der Waals surface area contributed by atoms with Crippen LogP contribution in [0.5, 0.6) is 0 Å². The van der Waals surface area contributed by atoms with Gasteiger partial charge in [0.15, 0.2) is 5.82 Å². The highest BCUT2D eigenvalue weighted by molar-refractivity contribution is 5.74. The van der Waals surface area contributed by atoms with Crippen molar-refractivity contribution < 1.29 is 0 Å². The van der Waals surface area contributed by atoms with E-state index in [2.05, 4.69) is 15.0 Å². The minimum Gasteiger partial charge on any atom is -0.404 e. The van der Waals surface area contributed by atoms with Crippen LogP contribution >= 0.6 is 0 Å². The Hall–Kier alpha value is -3.01. The molecule has 0 amide bonds. The van der Waals surface area contributed by atoms with Crippen LogP contribution in [-0.4, -0.2) is 15.0 Å². The molecule has 0 aliphatic carbocycles. The maximum Gasteiger partial charge on any atom is 0.163 e. The second kappa shape index (κ2) is 5.96. The van der Waals surface area contributed by atoms with E-state index in [1.165, 1.54) is 6.20 Å². The summed E-state index contributed by atoms with van der Waals surface area (Å²) in [5.74, 6) is 0.567. The molecule has 0 saturated heterocycles. The average Bonchev–Trinajstić information content (AvgIpc) is 2.58. The number of nitrogens with zero attached hydrogens (tertiary/aromatic N) is 3. The summed E-state index contributed by atoms with van der Waals surface area (Å²) in [5.41, 5.74) is 9.11. The number of pyridine rings is 1. The number of rotatable bonds is 3. The van der Waals surface area contributed by atoms with Gasteiger partial charge < -0.3 is 5.73 Å². The van der Waals surface area contributed by atoms with E-state index in [0.717, 1.165) is 17.0 Å². The van der Waals surface area contributed by atoms with E-state index in [4.69, 9.17) is 5.73 Å². The minimum atomic E-state index is 0.567. The number of nitrogens with two attached hydrogens (primary N) is 1. The highest BCUT2D eigenvalue weighted by Crippen LogP contribution is 2.21. The van der Waals surface area contributed by atoms with Crippen LogP contribution in [0.1, 0.15) is 11.5 Å². The number of hydrogen-bond acceptors (Lipinski definition) is 4. The van der Waals surface area contributed by atoms with Crippen molar-refractivity contribution in [2.75, 3.05) is 0 Å². The number of benzene rings is 1. The van der Waals surface area contributed by atoms with Gasteiger partial charge >= 0.3 is 0 Å². The Morgan fingerprint density at radius 1 is 0.857 bits per heavy atom. The van der Waals surface area contributed by atoms with E-state index >= 15 is 0 Å². The van der Waals surface area contributed by atoms with E-state index in [1.807, 2.05) is 54.6 Å². The Balaban J connectivity index is 2.04. The molecule has 0 aliphatic rings. The fourth-order valence-corrected chi connectivity index (χ4v) is 2.05. The number of hydrogen-bond donors (Lipinski definition) is 1. The Bertz CT molecular complexity index is 752. The molecule has 3 rings (SSSR count). The summed E-state index contributed by atoms with van der Waals surface area (Å²) in [6.07, 6.45) is 4.95.